The first-order chi connectivity index (χ1) is 18.5. The van der Waals surface area contributed by atoms with E-state index in [0.717, 1.165) is 36.0 Å². The van der Waals surface area contributed by atoms with E-state index in [1.165, 1.54) is 0 Å². The number of hydrogen-bond acceptors (Lipinski definition) is 4. The lowest BCUT2D eigenvalue weighted by Gasteiger charge is -2.35. The summed E-state index contributed by atoms with van der Waals surface area (Å²) in [5.74, 6) is -0.549. The maximum atomic E-state index is 14.3. The minimum Gasteiger partial charge on any atom is -0.444 e. The number of aryl methyl sites for hydroxylation is 1. The molecule has 214 valence electrons. The van der Waals surface area contributed by atoms with E-state index in [0.29, 0.717) is 13.0 Å². The Bertz CT molecular complexity index is 1050. The summed E-state index contributed by atoms with van der Waals surface area (Å²) < 4.78 is 5.49. The van der Waals surface area contributed by atoms with Crippen LogP contribution in [-0.4, -0.2) is 47.0 Å². The minimum absolute atomic E-state index is 0.0292. The summed E-state index contributed by atoms with van der Waals surface area (Å²) in [5.41, 5.74) is 2.07. The molecule has 0 aliphatic carbocycles. The molecule has 0 aliphatic heterocycles. The zero-order valence-corrected chi connectivity index (χ0v) is 24.8. The van der Waals surface area contributed by atoms with E-state index in [2.05, 4.69) is 24.5 Å². The fourth-order valence-corrected chi connectivity index (χ4v) is 4.54. The smallest absolute Gasteiger partial charge is 0.408 e. The van der Waals surface area contributed by atoms with Gasteiger partial charge in [0.25, 0.3) is 0 Å². The van der Waals surface area contributed by atoms with Gasteiger partial charge in [0, 0.05) is 19.0 Å². The molecular weight excluding hydrogens is 490 g/mol. The van der Waals surface area contributed by atoms with Crippen molar-refractivity contribution in [2.75, 3.05) is 6.54 Å². The second-order valence-corrected chi connectivity index (χ2v) is 11.1. The monoisotopic (exact) mass is 537 g/mol. The number of alkyl carbamates (subject to hydrolysis) is 1. The van der Waals surface area contributed by atoms with E-state index in [4.69, 9.17) is 4.74 Å². The number of rotatable bonds is 13. The minimum atomic E-state index is -0.910. The molecule has 0 saturated carbocycles. The molecule has 0 aromatic heterocycles. The van der Waals surface area contributed by atoms with E-state index in [9.17, 15) is 14.4 Å². The van der Waals surface area contributed by atoms with Gasteiger partial charge in [-0.2, -0.15) is 0 Å². The molecule has 0 heterocycles. The summed E-state index contributed by atoms with van der Waals surface area (Å²) >= 11 is 0. The van der Waals surface area contributed by atoms with Crippen molar-refractivity contribution >= 4 is 17.9 Å². The van der Waals surface area contributed by atoms with E-state index < -0.39 is 23.8 Å². The van der Waals surface area contributed by atoms with E-state index >= 15 is 0 Å². The Morgan fingerprint density at radius 3 is 2.05 bits per heavy atom. The molecule has 0 bridgehead atoms. The van der Waals surface area contributed by atoms with Crippen LogP contribution in [0.25, 0.3) is 0 Å². The van der Waals surface area contributed by atoms with E-state index in [1.54, 1.807) is 25.7 Å². The highest BCUT2D eigenvalue weighted by molar-refractivity contribution is 5.92. The van der Waals surface area contributed by atoms with Gasteiger partial charge in [-0.25, -0.2) is 4.79 Å². The third-order valence-electron chi connectivity index (χ3n) is 6.39. The molecule has 2 N–H and O–H groups in total. The summed E-state index contributed by atoms with van der Waals surface area (Å²) in [5, 5.41) is 5.92. The number of benzene rings is 2. The SMILES string of the molecule is CCCC(C)NC(=O)C(c1ccc(CC)cc1)N(CCC)C(=O)C(Cc1ccccc1)NC(=O)OC(C)(C)C. The zero-order valence-electron chi connectivity index (χ0n) is 24.8. The summed E-state index contributed by atoms with van der Waals surface area (Å²) in [6.45, 7) is 13.8. The maximum absolute atomic E-state index is 14.3. The molecular formula is C32H47N3O4. The van der Waals surface area contributed by atoms with Gasteiger partial charge in [0.15, 0.2) is 0 Å². The van der Waals surface area contributed by atoms with Crippen LogP contribution in [-0.2, 0) is 27.2 Å². The van der Waals surface area contributed by atoms with E-state index in [1.807, 2.05) is 68.4 Å². The first-order valence-corrected chi connectivity index (χ1v) is 14.2. The Labute approximate surface area is 234 Å². The average molecular weight is 538 g/mol. The standard InChI is InChI=1S/C32H47N3O4/c1-8-14-23(4)33-29(36)28(26-19-17-24(10-3)18-20-26)35(21-9-2)30(37)27(22-25-15-12-11-13-16-25)34-31(38)39-32(5,6)7/h11-13,15-20,23,27-28H,8-10,14,21-22H2,1-7H3,(H,33,36)(H,34,38). The molecule has 0 aliphatic rings. The van der Waals surface area contributed by atoms with Crippen LogP contribution in [0.1, 0.15) is 90.5 Å². The number of carbonyl (C=O) groups excluding carboxylic acids is 3. The van der Waals surface area contributed by atoms with Gasteiger partial charge < -0.3 is 20.3 Å². The third-order valence-corrected chi connectivity index (χ3v) is 6.39. The van der Waals surface area contributed by atoms with Crippen LogP contribution in [0, 0.1) is 0 Å². The molecule has 0 radical (unpaired) electrons. The van der Waals surface area contributed by atoms with Crippen LogP contribution in [0.2, 0.25) is 0 Å². The summed E-state index contributed by atoms with van der Waals surface area (Å²) in [4.78, 5) is 42.5. The highest BCUT2D eigenvalue weighted by atomic mass is 16.6. The van der Waals surface area contributed by atoms with Gasteiger partial charge >= 0.3 is 6.09 Å². The molecule has 0 saturated heterocycles. The molecule has 3 unspecified atom stereocenters. The van der Waals surface area contributed by atoms with Crippen molar-refractivity contribution < 1.29 is 19.1 Å². The Hall–Kier alpha value is -3.35. The Kier molecular flexibility index (Phi) is 12.5. The van der Waals surface area contributed by atoms with Crippen LogP contribution in [0.3, 0.4) is 0 Å². The fourth-order valence-electron chi connectivity index (χ4n) is 4.54. The topological polar surface area (TPSA) is 87.7 Å². The number of amides is 3. The maximum Gasteiger partial charge on any atom is 0.408 e. The average Bonchev–Trinajstić information content (AvgIpc) is 2.87. The summed E-state index contributed by atoms with van der Waals surface area (Å²) in [6, 6.07) is 15.6. The van der Waals surface area contributed by atoms with Gasteiger partial charge in [0.05, 0.1) is 0 Å². The fraction of sp³-hybridized carbons (Fsp3) is 0.531. The third kappa shape index (κ3) is 10.4. The number of hydrogen-bond donors (Lipinski definition) is 2. The molecule has 0 fully saturated rings. The summed E-state index contributed by atoms with van der Waals surface area (Å²) in [6.07, 6.45) is 2.91. The van der Waals surface area contributed by atoms with Crippen LogP contribution >= 0.6 is 0 Å². The van der Waals surface area contributed by atoms with Crippen molar-refractivity contribution in [3.63, 3.8) is 0 Å². The lowest BCUT2D eigenvalue weighted by atomic mass is 9.98. The summed E-state index contributed by atoms with van der Waals surface area (Å²) in [7, 11) is 0. The first kappa shape index (κ1) is 31.9. The van der Waals surface area contributed by atoms with Crippen molar-refractivity contribution in [1.29, 1.82) is 0 Å². The Balaban J connectivity index is 2.51. The second-order valence-electron chi connectivity index (χ2n) is 11.1. The molecule has 2 aromatic rings. The molecule has 0 spiro atoms. The molecule has 3 amide bonds. The van der Waals surface area contributed by atoms with Crippen LogP contribution in [0.5, 0.6) is 0 Å². The lowest BCUT2D eigenvalue weighted by molar-refractivity contribution is -0.142. The predicted octanol–water partition coefficient (Wildman–Crippen LogP) is 5.97. The normalized spacial score (nSPS) is 13.6. The molecule has 7 nitrogen and oxygen atoms in total. The highest BCUT2D eigenvalue weighted by Gasteiger charge is 2.36. The first-order valence-electron chi connectivity index (χ1n) is 14.2. The largest absolute Gasteiger partial charge is 0.444 e. The number of nitrogens with zero attached hydrogens (tertiary/aromatic N) is 1. The van der Waals surface area contributed by atoms with Crippen molar-refractivity contribution in [2.45, 2.75) is 104 Å². The van der Waals surface area contributed by atoms with Crippen molar-refractivity contribution in [3.8, 4) is 0 Å². The van der Waals surface area contributed by atoms with Gasteiger partial charge in [-0.1, -0.05) is 81.8 Å². The number of ether oxygens (including phenoxy) is 1. The van der Waals surface area contributed by atoms with Crippen LogP contribution < -0.4 is 10.6 Å². The van der Waals surface area contributed by atoms with Crippen LogP contribution in [0.4, 0.5) is 4.79 Å². The van der Waals surface area contributed by atoms with Gasteiger partial charge in [0.1, 0.15) is 17.7 Å². The molecule has 39 heavy (non-hydrogen) atoms. The quantitative estimate of drug-likeness (QED) is 0.330. The van der Waals surface area contributed by atoms with Gasteiger partial charge in [-0.05, 0) is 63.6 Å². The molecule has 3 atom stereocenters. The highest BCUT2D eigenvalue weighted by Crippen LogP contribution is 2.25. The predicted molar refractivity (Wildman–Crippen MR) is 156 cm³/mol. The van der Waals surface area contributed by atoms with Crippen molar-refractivity contribution in [3.05, 3.63) is 71.3 Å². The van der Waals surface area contributed by atoms with E-state index in [-0.39, 0.29) is 24.3 Å². The Morgan fingerprint density at radius 2 is 1.51 bits per heavy atom. The zero-order chi connectivity index (χ0) is 29.0. The second kappa shape index (κ2) is 15.3. The van der Waals surface area contributed by atoms with Crippen molar-refractivity contribution in [1.82, 2.24) is 15.5 Å². The van der Waals surface area contributed by atoms with Gasteiger partial charge in [0.2, 0.25) is 11.8 Å². The molecule has 7 heteroatoms. The number of carbonyl (C=O) groups is 3. The number of nitrogens with one attached hydrogen (secondary N) is 2. The van der Waals surface area contributed by atoms with Crippen LogP contribution in [0.15, 0.2) is 54.6 Å². The molecule has 2 rings (SSSR count). The van der Waals surface area contributed by atoms with Gasteiger partial charge in [-0.15, -0.1) is 0 Å². The lowest BCUT2D eigenvalue weighted by Crippen LogP contribution is -2.54. The molecule has 2 aromatic carbocycles. The Morgan fingerprint density at radius 1 is 0.872 bits per heavy atom. The van der Waals surface area contributed by atoms with Crippen molar-refractivity contribution in [2.24, 2.45) is 0 Å². The van der Waals surface area contributed by atoms with Gasteiger partial charge in [-0.3, -0.25) is 9.59 Å².